The van der Waals surface area contributed by atoms with Gasteiger partial charge in [0, 0.05) is 6.54 Å². The molecule has 1 saturated heterocycles. The fraction of sp³-hybridized carbons (Fsp3) is 0.400. The standard InChI is InChI=1S/C20H24N2O5/c1-25-16-8-2-3-9-17(16)27-14-11-21-19(23)15-7-4-5-12-22(15)20(24)18-10-6-13-26-18/h2-3,6,8-10,13,15H,4-5,7,11-12,14H2,1H3,(H,21,23). The van der Waals surface area contributed by atoms with Crippen molar-refractivity contribution in [2.45, 2.75) is 25.3 Å². The first-order valence-electron chi connectivity index (χ1n) is 9.08. The smallest absolute Gasteiger partial charge is 0.290 e. The van der Waals surface area contributed by atoms with Crippen LogP contribution in [0.3, 0.4) is 0 Å². The van der Waals surface area contributed by atoms with E-state index in [0.29, 0.717) is 37.6 Å². The highest BCUT2D eigenvalue weighted by Crippen LogP contribution is 2.25. The summed E-state index contributed by atoms with van der Waals surface area (Å²) in [4.78, 5) is 26.8. The lowest BCUT2D eigenvalue weighted by molar-refractivity contribution is -0.126. The third-order valence-electron chi connectivity index (χ3n) is 4.53. The van der Waals surface area contributed by atoms with Crippen LogP contribution in [-0.4, -0.2) is 49.6 Å². The van der Waals surface area contributed by atoms with Gasteiger partial charge in [-0.1, -0.05) is 12.1 Å². The van der Waals surface area contributed by atoms with Gasteiger partial charge in [0.25, 0.3) is 5.91 Å². The maximum Gasteiger partial charge on any atom is 0.290 e. The third kappa shape index (κ3) is 4.61. The summed E-state index contributed by atoms with van der Waals surface area (Å²) in [6.07, 6.45) is 3.90. The molecular weight excluding hydrogens is 348 g/mol. The molecule has 1 N–H and O–H groups in total. The maximum absolute atomic E-state index is 12.6. The van der Waals surface area contributed by atoms with Crippen LogP contribution < -0.4 is 14.8 Å². The monoisotopic (exact) mass is 372 g/mol. The van der Waals surface area contributed by atoms with Crippen LogP contribution >= 0.6 is 0 Å². The minimum atomic E-state index is -0.484. The highest BCUT2D eigenvalue weighted by Gasteiger charge is 2.33. The second kappa shape index (κ2) is 9.12. The number of hydrogen-bond acceptors (Lipinski definition) is 5. The highest BCUT2D eigenvalue weighted by atomic mass is 16.5. The SMILES string of the molecule is COc1ccccc1OCCNC(=O)C1CCCCN1C(=O)c1ccco1. The predicted octanol–water partition coefficient (Wildman–Crippen LogP) is 2.48. The van der Waals surface area contributed by atoms with Crippen LogP contribution in [0.4, 0.5) is 0 Å². The van der Waals surface area contributed by atoms with Gasteiger partial charge in [-0.2, -0.15) is 0 Å². The quantitative estimate of drug-likeness (QED) is 0.755. The van der Waals surface area contributed by atoms with E-state index in [1.165, 1.54) is 6.26 Å². The molecule has 1 aliphatic heterocycles. The van der Waals surface area contributed by atoms with E-state index in [4.69, 9.17) is 13.9 Å². The molecule has 3 rings (SSSR count). The first-order valence-corrected chi connectivity index (χ1v) is 9.08. The molecule has 144 valence electrons. The van der Waals surface area contributed by atoms with Crippen molar-refractivity contribution in [1.29, 1.82) is 0 Å². The van der Waals surface area contributed by atoms with Crippen molar-refractivity contribution < 1.29 is 23.5 Å². The molecular formula is C20H24N2O5. The fourth-order valence-corrected chi connectivity index (χ4v) is 3.18. The van der Waals surface area contributed by atoms with Gasteiger partial charge in [-0.05, 0) is 43.5 Å². The van der Waals surface area contributed by atoms with Crippen LogP contribution in [-0.2, 0) is 4.79 Å². The molecule has 0 radical (unpaired) electrons. The van der Waals surface area contributed by atoms with Crippen molar-refractivity contribution in [2.24, 2.45) is 0 Å². The summed E-state index contributed by atoms with van der Waals surface area (Å²) in [5.41, 5.74) is 0. The Morgan fingerprint density at radius 1 is 1.19 bits per heavy atom. The number of likely N-dealkylation sites (tertiary alicyclic amines) is 1. The fourth-order valence-electron chi connectivity index (χ4n) is 3.18. The molecule has 2 amide bonds. The first kappa shape index (κ1) is 18.8. The molecule has 1 unspecified atom stereocenters. The van der Waals surface area contributed by atoms with Gasteiger partial charge in [0.15, 0.2) is 17.3 Å². The van der Waals surface area contributed by atoms with E-state index in [2.05, 4.69) is 5.32 Å². The van der Waals surface area contributed by atoms with E-state index in [1.807, 2.05) is 24.3 Å². The lowest BCUT2D eigenvalue weighted by Crippen LogP contribution is -2.52. The number of nitrogens with zero attached hydrogens (tertiary/aromatic N) is 1. The number of nitrogens with one attached hydrogen (secondary N) is 1. The van der Waals surface area contributed by atoms with Gasteiger partial charge in [-0.15, -0.1) is 0 Å². The molecule has 27 heavy (non-hydrogen) atoms. The van der Waals surface area contributed by atoms with Gasteiger partial charge in [0.2, 0.25) is 5.91 Å². The summed E-state index contributed by atoms with van der Waals surface area (Å²) in [5.74, 6) is 1.12. The number of hydrogen-bond donors (Lipinski definition) is 1. The number of piperidine rings is 1. The van der Waals surface area contributed by atoms with Crippen molar-refractivity contribution in [2.75, 3.05) is 26.8 Å². The molecule has 0 saturated carbocycles. The Morgan fingerprint density at radius 2 is 2.00 bits per heavy atom. The zero-order valence-corrected chi connectivity index (χ0v) is 15.3. The van der Waals surface area contributed by atoms with E-state index in [9.17, 15) is 9.59 Å². The van der Waals surface area contributed by atoms with E-state index in [1.54, 1.807) is 24.1 Å². The summed E-state index contributed by atoms with van der Waals surface area (Å²) < 4.78 is 16.1. The Labute approximate surface area is 158 Å². The molecule has 1 atom stereocenters. The van der Waals surface area contributed by atoms with E-state index < -0.39 is 6.04 Å². The molecule has 2 aromatic rings. The third-order valence-corrected chi connectivity index (χ3v) is 4.53. The lowest BCUT2D eigenvalue weighted by atomic mass is 10.0. The molecule has 1 aromatic heterocycles. The summed E-state index contributed by atoms with van der Waals surface area (Å²) in [7, 11) is 1.58. The maximum atomic E-state index is 12.6. The van der Waals surface area contributed by atoms with Crippen LogP contribution in [0, 0.1) is 0 Å². The van der Waals surface area contributed by atoms with E-state index >= 15 is 0 Å². The molecule has 7 heteroatoms. The summed E-state index contributed by atoms with van der Waals surface area (Å²) in [5, 5.41) is 2.86. The summed E-state index contributed by atoms with van der Waals surface area (Å²) >= 11 is 0. The number of carbonyl (C=O) groups excluding carboxylic acids is 2. The van der Waals surface area contributed by atoms with Crippen molar-refractivity contribution in [3.63, 3.8) is 0 Å². The number of furan rings is 1. The van der Waals surface area contributed by atoms with Crippen LogP contribution in [0.1, 0.15) is 29.8 Å². The van der Waals surface area contributed by atoms with Gasteiger partial charge in [-0.3, -0.25) is 9.59 Å². The summed E-state index contributed by atoms with van der Waals surface area (Å²) in [6.45, 7) is 1.20. The average molecular weight is 372 g/mol. The van der Waals surface area contributed by atoms with Crippen molar-refractivity contribution in [3.8, 4) is 11.5 Å². The number of benzene rings is 1. The largest absolute Gasteiger partial charge is 0.493 e. The predicted molar refractivity (Wildman–Crippen MR) is 98.9 cm³/mol. The number of amides is 2. The van der Waals surface area contributed by atoms with Crippen molar-refractivity contribution >= 4 is 11.8 Å². The van der Waals surface area contributed by atoms with E-state index in [-0.39, 0.29) is 17.6 Å². The molecule has 7 nitrogen and oxygen atoms in total. The summed E-state index contributed by atoms with van der Waals surface area (Å²) in [6, 6.07) is 10.1. The normalized spacial score (nSPS) is 16.6. The van der Waals surface area contributed by atoms with Gasteiger partial charge in [-0.25, -0.2) is 0 Å². The number of methoxy groups -OCH3 is 1. The topological polar surface area (TPSA) is 81.0 Å². The van der Waals surface area contributed by atoms with Crippen LogP contribution in [0.5, 0.6) is 11.5 Å². The Bertz CT molecular complexity index is 759. The zero-order chi connectivity index (χ0) is 19.1. The lowest BCUT2D eigenvalue weighted by Gasteiger charge is -2.34. The number of ether oxygens (including phenoxy) is 2. The molecule has 1 aliphatic rings. The van der Waals surface area contributed by atoms with Gasteiger partial charge in [0.05, 0.1) is 19.9 Å². The number of rotatable bonds is 7. The Kier molecular flexibility index (Phi) is 6.35. The van der Waals surface area contributed by atoms with E-state index in [0.717, 1.165) is 12.8 Å². The average Bonchev–Trinajstić information content (AvgIpc) is 3.25. The van der Waals surface area contributed by atoms with Gasteiger partial charge < -0.3 is 24.1 Å². The highest BCUT2D eigenvalue weighted by molar-refractivity contribution is 5.95. The first-order chi connectivity index (χ1) is 13.2. The molecule has 0 aliphatic carbocycles. The van der Waals surface area contributed by atoms with Crippen molar-refractivity contribution in [1.82, 2.24) is 10.2 Å². The Hall–Kier alpha value is -2.96. The van der Waals surface area contributed by atoms with Gasteiger partial charge >= 0.3 is 0 Å². The molecule has 1 aromatic carbocycles. The minimum Gasteiger partial charge on any atom is -0.493 e. The minimum absolute atomic E-state index is 0.168. The van der Waals surface area contributed by atoms with Crippen molar-refractivity contribution in [3.05, 3.63) is 48.4 Å². The molecule has 1 fully saturated rings. The molecule has 0 spiro atoms. The van der Waals surface area contributed by atoms with Crippen LogP contribution in [0.25, 0.3) is 0 Å². The Morgan fingerprint density at radius 3 is 2.74 bits per heavy atom. The second-order valence-electron chi connectivity index (χ2n) is 6.28. The zero-order valence-electron chi connectivity index (χ0n) is 15.3. The number of para-hydroxylation sites is 2. The van der Waals surface area contributed by atoms with Crippen LogP contribution in [0.15, 0.2) is 47.1 Å². The second-order valence-corrected chi connectivity index (χ2v) is 6.28. The number of carbonyl (C=O) groups is 2. The van der Waals surface area contributed by atoms with Gasteiger partial charge in [0.1, 0.15) is 12.6 Å². The Balaban J connectivity index is 1.52. The van der Waals surface area contributed by atoms with Crippen LogP contribution in [0.2, 0.25) is 0 Å². The molecule has 0 bridgehead atoms. The molecule has 2 heterocycles.